The molecule has 1 fully saturated rings. The topological polar surface area (TPSA) is 41.6 Å². The SMILES string of the molecule is CCNC1COCC1C(=O)N1CC=CCC1. The molecule has 0 saturated carbocycles. The number of nitrogens with zero attached hydrogens (tertiary/aromatic N) is 1. The molecule has 2 aliphatic heterocycles. The van der Waals surface area contributed by atoms with E-state index >= 15 is 0 Å². The highest BCUT2D eigenvalue weighted by Crippen LogP contribution is 2.18. The monoisotopic (exact) mass is 224 g/mol. The maximum absolute atomic E-state index is 12.3. The van der Waals surface area contributed by atoms with Crippen molar-refractivity contribution < 1.29 is 9.53 Å². The fourth-order valence-corrected chi connectivity index (χ4v) is 2.34. The van der Waals surface area contributed by atoms with Gasteiger partial charge < -0.3 is 15.0 Å². The molecule has 2 aliphatic rings. The molecule has 0 radical (unpaired) electrons. The first-order valence-electron chi connectivity index (χ1n) is 6.08. The van der Waals surface area contributed by atoms with E-state index in [2.05, 4.69) is 24.4 Å². The first-order chi connectivity index (χ1) is 7.83. The lowest BCUT2D eigenvalue weighted by Crippen LogP contribution is -2.46. The van der Waals surface area contributed by atoms with Gasteiger partial charge in [-0.15, -0.1) is 0 Å². The number of hydrogen-bond acceptors (Lipinski definition) is 3. The van der Waals surface area contributed by atoms with Crippen LogP contribution in [0.1, 0.15) is 13.3 Å². The molecule has 1 saturated heterocycles. The summed E-state index contributed by atoms with van der Waals surface area (Å²) >= 11 is 0. The van der Waals surface area contributed by atoms with Gasteiger partial charge in [-0.25, -0.2) is 0 Å². The van der Waals surface area contributed by atoms with Crippen LogP contribution in [0.4, 0.5) is 0 Å². The van der Waals surface area contributed by atoms with Crippen LogP contribution in [0, 0.1) is 5.92 Å². The Morgan fingerprint density at radius 1 is 1.50 bits per heavy atom. The van der Waals surface area contributed by atoms with Crippen molar-refractivity contribution in [3.8, 4) is 0 Å². The van der Waals surface area contributed by atoms with Crippen LogP contribution in [-0.4, -0.2) is 49.7 Å². The number of carbonyl (C=O) groups is 1. The molecule has 90 valence electrons. The zero-order chi connectivity index (χ0) is 11.4. The summed E-state index contributed by atoms with van der Waals surface area (Å²) in [6.07, 6.45) is 5.18. The van der Waals surface area contributed by atoms with E-state index in [1.807, 2.05) is 4.90 Å². The fourth-order valence-electron chi connectivity index (χ4n) is 2.34. The van der Waals surface area contributed by atoms with Crippen molar-refractivity contribution in [3.63, 3.8) is 0 Å². The highest BCUT2D eigenvalue weighted by molar-refractivity contribution is 5.80. The molecule has 0 aromatic rings. The zero-order valence-corrected chi connectivity index (χ0v) is 9.82. The van der Waals surface area contributed by atoms with Crippen molar-refractivity contribution in [3.05, 3.63) is 12.2 Å². The van der Waals surface area contributed by atoms with Gasteiger partial charge in [-0.3, -0.25) is 4.79 Å². The van der Waals surface area contributed by atoms with Crippen LogP contribution >= 0.6 is 0 Å². The van der Waals surface area contributed by atoms with Crippen molar-refractivity contribution in [2.24, 2.45) is 5.92 Å². The van der Waals surface area contributed by atoms with Crippen molar-refractivity contribution >= 4 is 5.91 Å². The molecule has 1 amide bonds. The molecular weight excluding hydrogens is 204 g/mol. The normalized spacial score (nSPS) is 29.7. The Bertz CT molecular complexity index is 278. The number of hydrogen-bond donors (Lipinski definition) is 1. The van der Waals surface area contributed by atoms with E-state index in [-0.39, 0.29) is 17.9 Å². The van der Waals surface area contributed by atoms with E-state index in [1.165, 1.54) is 0 Å². The number of amides is 1. The summed E-state index contributed by atoms with van der Waals surface area (Å²) in [5.41, 5.74) is 0. The lowest BCUT2D eigenvalue weighted by atomic mass is 10.0. The largest absolute Gasteiger partial charge is 0.379 e. The highest BCUT2D eigenvalue weighted by atomic mass is 16.5. The average Bonchev–Trinajstić information content (AvgIpc) is 2.78. The molecule has 2 heterocycles. The third kappa shape index (κ3) is 2.44. The minimum Gasteiger partial charge on any atom is -0.379 e. The molecule has 1 N–H and O–H groups in total. The first-order valence-corrected chi connectivity index (χ1v) is 6.08. The van der Waals surface area contributed by atoms with Gasteiger partial charge >= 0.3 is 0 Å². The van der Waals surface area contributed by atoms with E-state index in [9.17, 15) is 4.79 Å². The minimum absolute atomic E-state index is 0.00597. The second kappa shape index (κ2) is 5.46. The molecule has 0 aromatic heterocycles. The minimum atomic E-state index is 0.00597. The second-order valence-corrected chi connectivity index (χ2v) is 4.35. The molecule has 0 aliphatic carbocycles. The molecular formula is C12H20N2O2. The lowest BCUT2D eigenvalue weighted by Gasteiger charge is -2.28. The third-order valence-electron chi connectivity index (χ3n) is 3.23. The second-order valence-electron chi connectivity index (χ2n) is 4.35. The quantitative estimate of drug-likeness (QED) is 0.706. The Kier molecular flexibility index (Phi) is 3.96. The van der Waals surface area contributed by atoms with E-state index in [0.717, 1.165) is 26.1 Å². The van der Waals surface area contributed by atoms with Gasteiger partial charge in [-0.05, 0) is 13.0 Å². The molecule has 4 nitrogen and oxygen atoms in total. The van der Waals surface area contributed by atoms with Crippen LogP contribution in [0.25, 0.3) is 0 Å². The van der Waals surface area contributed by atoms with Gasteiger partial charge in [0.15, 0.2) is 0 Å². The number of likely N-dealkylation sites (N-methyl/N-ethyl adjacent to an activating group) is 1. The molecule has 2 atom stereocenters. The van der Waals surface area contributed by atoms with Crippen LogP contribution in [0.5, 0.6) is 0 Å². The van der Waals surface area contributed by atoms with Gasteiger partial charge in [0.25, 0.3) is 0 Å². The number of nitrogens with one attached hydrogen (secondary N) is 1. The van der Waals surface area contributed by atoms with E-state index in [1.54, 1.807) is 0 Å². The van der Waals surface area contributed by atoms with Crippen LogP contribution < -0.4 is 5.32 Å². The molecule has 0 aromatic carbocycles. The summed E-state index contributed by atoms with van der Waals surface area (Å²) in [4.78, 5) is 14.2. The Morgan fingerprint density at radius 3 is 3.06 bits per heavy atom. The van der Waals surface area contributed by atoms with E-state index in [0.29, 0.717) is 13.2 Å². The van der Waals surface area contributed by atoms with Crippen LogP contribution in [0.3, 0.4) is 0 Å². The summed E-state index contributed by atoms with van der Waals surface area (Å²) < 4.78 is 5.41. The first kappa shape index (κ1) is 11.6. The van der Waals surface area contributed by atoms with Crippen LogP contribution in [0.15, 0.2) is 12.2 Å². The Hall–Kier alpha value is -0.870. The van der Waals surface area contributed by atoms with Crippen molar-refractivity contribution in [1.82, 2.24) is 10.2 Å². The van der Waals surface area contributed by atoms with Gasteiger partial charge in [0.1, 0.15) is 0 Å². The number of carbonyl (C=O) groups excluding carboxylic acids is 1. The zero-order valence-electron chi connectivity index (χ0n) is 9.82. The van der Waals surface area contributed by atoms with Crippen molar-refractivity contribution in [2.75, 3.05) is 32.8 Å². The maximum atomic E-state index is 12.3. The molecule has 2 unspecified atom stereocenters. The van der Waals surface area contributed by atoms with Crippen molar-refractivity contribution in [2.45, 2.75) is 19.4 Å². The predicted octanol–water partition coefficient (Wildman–Crippen LogP) is 0.399. The fraction of sp³-hybridized carbons (Fsp3) is 0.750. The van der Waals surface area contributed by atoms with Gasteiger partial charge in [0, 0.05) is 19.1 Å². The Labute approximate surface area is 96.6 Å². The standard InChI is InChI=1S/C12H20N2O2/c1-2-13-11-9-16-8-10(11)12(15)14-6-4-3-5-7-14/h3-4,10-11,13H,2,5-9H2,1H3. The molecule has 4 heteroatoms. The molecule has 16 heavy (non-hydrogen) atoms. The molecule has 0 spiro atoms. The smallest absolute Gasteiger partial charge is 0.229 e. The number of rotatable bonds is 3. The summed E-state index contributed by atoms with van der Waals surface area (Å²) in [7, 11) is 0. The van der Waals surface area contributed by atoms with E-state index < -0.39 is 0 Å². The average molecular weight is 224 g/mol. The third-order valence-corrected chi connectivity index (χ3v) is 3.23. The van der Waals surface area contributed by atoms with E-state index in [4.69, 9.17) is 4.74 Å². The van der Waals surface area contributed by atoms with Crippen LogP contribution in [-0.2, 0) is 9.53 Å². The van der Waals surface area contributed by atoms with Gasteiger partial charge in [0.2, 0.25) is 5.91 Å². The highest BCUT2D eigenvalue weighted by Gasteiger charge is 2.35. The lowest BCUT2D eigenvalue weighted by molar-refractivity contribution is -0.135. The Balaban J connectivity index is 1.94. The van der Waals surface area contributed by atoms with Gasteiger partial charge in [0.05, 0.1) is 19.1 Å². The summed E-state index contributed by atoms with van der Waals surface area (Å²) in [5, 5.41) is 3.32. The van der Waals surface area contributed by atoms with Crippen LogP contribution in [0.2, 0.25) is 0 Å². The molecule has 2 rings (SSSR count). The Morgan fingerprint density at radius 2 is 2.38 bits per heavy atom. The predicted molar refractivity (Wildman–Crippen MR) is 62.1 cm³/mol. The van der Waals surface area contributed by atoms with Gasteiger partial charge in [-0.2, -0.15) is 0 Å². The number of ether oxygens (including phenoxy) is 1. The molecule has 0 bridgehead atoms. The summed E-state index contributed by atoms with van der Waals surface area (Å²) in [5.74, 6) is 0.249. The summed E-state index contributed by atoms with van der Waals surface area (Å²) in [6, 6.07) is 0.198. The maximum Gasteiger partial charge on any atom is 0.229 e. The van der Waals surface area contributed by atoms with Crippen molar-refractivity contribution in [1.29, 1.82) is 0 Å². The van der Waals surface area contributed by atoms with Gasteiger partial charge in [-0.1, -0.05) is 19.1 Å². The summed E-state index contributed by atoms with van der Waals surface area (Å²) in [6.45, 7) is 5.78.